The highest BCUT2D eigenvalue weighted by molar-refractivity contribution is 7.89. The Morgan fingerprint density at radius 2 is 2.29 bits per heavy atom. The SMILES string of the molecule is CCn1cnc(S(=O)(=O)N2CCC[C@H](C(=O)Nc3nccs3)C2)c1. The van der Waals surface area contributed by atoms with Crippen molar-refractivity contribution >= 4 is 32.4 Å². The second kappa shape index (κ2) is 6.99. The lowest BCUT2D eigenvalue weighted by molar-refractivity contribution is -0.120. The van der Waals surface area contributed by atoms with Crippen molar-refractivity contribution in [2.75, 3.05) is 18.4 Å². The van der Waals surface area contributed by atoms with Crippen LogP contribution in [0, 0.1) is 5.92 Å². The smallest absolute Gasteiger partial charge is 0.262 e. The van der Waals surface area contributed by atoms with Crippen LogP contribution in [0.4, 0.5) is 5.13 Å². The third-order valence-electron chi connectivity index (χ3n) is 4.00. The summed E-state index contributed by atoms with van der Waals surface area (Å²) in [5, 5.41) is 5.08. The first-order valence-electron chi connectivity index (χ1n) is 7.73. The third-order valence-corrected chi connectivity index (χ3v) is 6.44. The van der Waals surface area contributed by atoms with E-state index in [-0.39, 0.29) is 23.4 Å². The average molecular weight is 369 g/mol. The number of aromatic nitrogens is 3. The zero-order valence-electron chi connectivity index (χ0n) is 13.3. The maximum atomic E-state index is 12.7. The Kier molecular flexibility index (Phi) is 4.97. The number of aryl methyl sites for hydroxylation is 1. The number of piperidine rings is 1. The number of thiazole rings is 1. The largest absolute Gasteiger partial charge is 0.336 e. The Morgan fingerprint density at radius 1 is 1.46 bits per heavy atom. The minimum Gasteiger partial charge on any atom is -0.336 e. The summed E-state index contributed by atoms with van der Waals surface area (Å²) in [5.74, 6) is -0.574. The van der Waals surface area contributed by atoms with Gasteiger partial charge in [-0.25, -0.2) is 18.4 Å². The summed E-state index contributed by atoms with van der Waals surface area (Å²) in [6.45, 7) is 3.14. The van der Waals surface area contributed by atoms with Crippen molar-refractivity contribution in [2.45, 2.75) is 31.3 Å². The fourth-order valence-corrected chi connectivity index (χ4v) is 4.64. The van der Waals surface area contributed by atoms with Crippen LogP contribution in [-0.2, 0) is 21.4 Å². The predicted molar refractivity (Wildman–Crippen MR) is 90.1 cm³/mol. The van der Waals surface area contributed by atoms with Gasteiger partial charge in [0.2, 0.25) is 5.91 Å². The quantitative estimate of drug-likeness (QED) is 0.859. The molecule has 2 aromatic heterocycles. The first kappa shape index (κ1) is 17.1. The van der Waals surface area contributed by atoms with Gasteiger partial charge in [-0.2, -0.15) is 4.31 Å². The number of carbonyl (C=O) groups is 1. The van der Waals surface area contributed by atoms with Crippen LogP contribution in [0.2, 0.25) is 0 Å². The van der Waals surface area contributed by atoms with Crippen LogP contribution in [-0.4, -0.2) is 46.3 Å². The number of hydrogen-bond acceptors (Lipinski definition) is 6. The Morgan fingerprint density at radius 3 is 2.96 bits per heavy atom. The van der Waals surface area contributed by atoms with Gasteiger partial charge in [-0.15, -0.1) is 11.3 Å². The summed E-state index contributed by atoms with van der Waals surface area (Å²) in [5.41, 5.74) is 0. The molecule has 3 rings (SSSR count). The van der Waals surface area contributed by atoms with E-state index in [1.165, 1.54) is 28.2 Å². The maximum absolute atomic E-state index is 12.7. The van der Waals surface area contributed by atoms with E-state index in [9.17, 15) is 13.2 Å². The highest BCUT2D eigenvalue weighted by Crippen LogP contribution is 2.24. The molecular formula is C14H19N5O3S2. The van der Waals surface area contributed by atoms with Gasteiger partial charge in [-0.05, 0) is 19.8 Å². The lowest BCUT2D eigenvalue weighted by Gasteiger charge is -2.30. The van der Waals surface area contributed by atoms with Crippen LogP contribution >= 0.6 is 11.3 Å². The molecule has 130 valence electrons. The second-order valence-electron chi connectivity index (χ2n) is 5.57. The number of anilines is 1. The number of amides is 1. The van der Waals surface area contributed by atoms with Crippen molar-refractivity contribution in [3.8, 4) is 0 Å². The molecule has 3 heterocycles. The molecule has 24 heavy (non-hydrogen) atoms. The molecule has 0 bridgehead atoms. The lowest BCUT2D eigenvalue weighted by Crippen LogP contribution is -2.43. The van der Waals surface area contributed by atoms with Crippen molar-refractivity contribution < 1.29 is 13.2 Å². The van der Waals surface area contributed by atoms with E-state index in [0.717, 1.165) is 0 Å². The van der Waals surface area contributed by atoms with E-state index in [2.05, 4.69) is 15.3 Å². The average Bonchev–Trinajstić information content (AvgIpc) is 3.26. The number of nitrogens with one attached hydrogen (secondary N) is 1. The van der Waals surface area contributed by atoms with E-state index >= 15 is 0 Å². The Bertz CT molecular complexity index is 800. The first-order valence-corrected chi connectivity index (χ1v) is 10.0. The molecule has 0 radical (unpaired) electrons. The van der Waals surface area contributed by atoms with Crippen molar-refractivity contribution in [1.29, 1.82) is 0 Å². The van der Waals surface area contributed by atoms with E-state index in [1.807, 2.05) is 6.92 Å². The van der Waals surface area contributed by atoms with Gasteiger partial charge in [0, 0.05) is 37.4 Å². The summed E-state index contributed by atoms with van der Waals surface area (Å²) in [7, 11) is -3.67. The van der Waals surface area contributed by atoms with Gasteiger partial charge in [-0.1, -0.05) is 0 Å². The molecule has 1 amide bonds. The van der Waals surface area contributed by atoms with Crippen LogP contribution in [0.5, 0.6) is 0 Å². The number of hydrogen-bond donors (Lipinski definition) is 1. The van der Waals surface area contributed by atoms with Gasteiger partial charge in [0.15, 0.2) is 10.2 Å². The lowest BCUT2D eigenvalue weighted by atomic mass is 9.99. The molecule has 1 atom stereocenters. The molecular weight excluding hydrogens is 350 g/mol. The van der Waals surface area contributed by atoms with E-state index in [0.29, 0.717) is 31.1 Å². The van der Waals surface area contributed by atoms with Gasteiger partial charge < -0.3 is 9.88 Å². The van der Waals surface area contributed by atoms with Crippen LogP contribution in [0.3, 0.4) is 0 Å². The molecule has 0 spiro atoms. The maximum Gasteiger partial charge on any atom is 0.262 e. The van der Waals surface area contributed by atoms with Crippen molar-refractivity contribution in [1.82, 2.24) is 18.8 Å². The zero-order chi connectivity index (χ0) is 17.2. The molecule has 10 heteroatoms. The second-order valence-corrected chi connectivity index (χ2v) is 8.35. The molecule has 1 aliphatic heterocycles. The molecule has 1 saturated heterocycles. The summed E-state index contributed by atoms with van der Waals surface area (Å²) in [4.78, 5) is 20.3. The van der Waals surface area contributed by atoms with Gasteiger partial charge in [0.05, 0.1) is 12.2 Å². The molecule has 1 fully saturated rings. The monoisotopic (exact) mass is 369 g/mol. The van der Waals surface area contributed by atoms with Gasteiger partial charge >= 0.3 is 0 Å². The summed E-state index contributed by atoms with van der Waals surface area (Å²) < 4.78 is 28.5. The number of imidazole rings is 1. The molecule has 0 unspecified atom stereocenters. The first-order chi connectivity index (χ1) is 11.5. The van der Waals surface area contributed by atoms with Crippen LogP contribution < -0.4 is 5.32 Å². The topological polar surface area (TPSA) is 97.2 Å². The van der Waals surface area contributed by atoms with Crippen LogP contribution in [0.15, 0.2) is 29.1 Å². The fourth-order valence-electron chi connectivity index (χ4n) is 2.65. The van der Waals surface area contributed by atoms with E-state index < -0.39 is 10.0 Å². The summed E-state index contributed by atoms with van der Waals surface area (Å²) in [6, 6.07) is 0. The van der Waals surface area contributed by atoms with Crippen molar-refractivity contribution in [3.05, 3.63) is 24.1 Å². The predicted octanol–water partition coefficient (Wildman–Crippen LogP) is 1.40. The molecule has 1 N–H and O–H groups in total. The standard InChI is InChI=1S/C14H19N5O3S2/c1-2-18-9-12(16-10-18)24(21,22)19-6-3-4-11(8-19)13(20)17-14-15-5-7-23-14/h5,7,9-11H,2-4,6,8H2,1H3,(H,15,17,20)/t11-/m0/s1. The van der Waals surface area contributed by atoms with E-state index in [1.54, 1.807) is 16.1 Å². The highest BCUT2D eigenvalue weighted by Gasteiger charge is 2.34. The zero-order valence-corrected chi connectivity index (χ0v) is 14.9. The Balaban J connectivity index is 1.71. The number of rotatable bonds is 5. The molecule has 1 aliphatic rings. The van der Waals surface area contributed by atoms with Gasteiger partial charge in [0.25, 0.3) is 10.0 Å². The summed E-state index contributed by atoms with van der Waals surface area (Å²) in [6.07, 6.45) is 5.94. The fraction of sp³-hybridized carbons (Fsp3) is 0.500. The van der Waals surface area contributed by atoms with Crippen molar-refractivity contribution in [2.24, 2.45) is 5.92 Å². The number of sulfonamides is 1. The molecule has 0 aromatic carbocycles. The van der Waals surface area contributed by atoms with Crippen LogP contribution in [0.25, 0.3) is 0 Å². The normalized spacial score (nSPS) is 19.3. The Hall–Kier alpha value is -1.78. The van der Waals surface area contributed by atoms with Gasteiger partial charge in [-0.3, -0.25) is 4.79 Å². The number of carbonyl (C=O) groups excluding carboxylic acids is 1. The molecule has 0 aliphatic carbocycles. The van der Waals surface area contributed by atoms with E-state index in [4.69, 9.17) is 0 Å². The minimum absolute atomic E-state index is 0.0327. The Labute approximate surface area is 144 Å². The number of nitrogens with zero attached hydrogens (tertiary/aromatic N) is 4. The van der Waals surface area contributed by atoms with Crippen LogP contribution in [0.1, 0.15) is 19.8 Å². The molecule has 2 aromatic rings. The highest BCUT2D eigenvalue weighted by atomic mass is 32.2. The molecule has 8 nitrogen and oxygen atoms in total. The molecule has 0 saturated carbocycles. The third kappa shape index (κ3) is 3.50. The summed E-state index contributed by atoms with van der Waals surface area (Å²) >= 11 is 1.34. The van der Waals surface area contributed by atoms with Gasteiger partial charge in [0.1, 0.15) is 0 Å². The minimum atomic E-state index is -3.67. The van der Waals surface area contributed by atoms with Crippen molar-refractivity contribution in [3.63, 3.8) is 0 Å².